The molecule has 0 saturated carbocycles. The first kappa shape index (κ1) is 14.5. The minimum absolute atomic E-state index is 0.233. The van der Waals surface area contributed by atoms with E-state index in [0.717, 1.165) is 25.1 Å². The smallest absolute Gasteiger partial charge is 0.241 e. The number of nitrogens with zero attached hydrogens (tertiary/aromatic N) is 3. The van der Waals surface area contributed by atoms with Gasteiger partial charge in [0.05, 0.1) is 11.6 Å². The first-order valence-electron chi connectivity index (χ1n) is 7.19. The van der Waals surface area contributed by atoms with Crippen molar-refractivity contribution in [3.05, 3.63) is 35.2 Å². The predicted octanol–water partition coefficient (Wildman–Crippen LogP) is 2.56. The molecule has 0 amide bonds. The quantitative estimate of drug-likeness (QED) is 0.940. The first-order valence-corrected chi connectivity index (χ1v) is 7.56. The van der Waals surface area contributed by atoms with Crippen LogP contribution in [0.2, 0.25) is 5.02 Å². The van der Waals surface area contributed by atoms with Crippen LogP contribution in [-0.2, 0) is 6.54 Å². The second kappa shape index (κ2) is 6.13. The molecule has 0 aliphatic carbocycles. The average Bonchev–Trinajstić information content (AvgIpc) is 3.09. The third kappa shape index (κ3) is 3.26. The van der Waals surface area contributed by atoms with Gasteiger partial charge >= 0.3 is 0 Å². The molecule has 2 N–H and O–H groups in total. The first-order chi connectivity index (χ1) is 10.1. The van der Waals surface area contributed by atoms with Crippen LogP contribution in [0.3, 0.4) is 0 Å². The molecule has 2 unspecified atom stereocenters. The van der Waals surface area contributed by atoms with Crippen molar-refractivity contribution in [2.75, 3.05) is 13.1 Å². The highest BCUT2D eigenvalue weighted by Gasteiger charge is 2.26. The van der Waals surface area contributed by atoms with Crippen molar-refractivity contribution in [3.63, 3.8) is 0 Å². The minimum atomic E-state index is 0.233. The van der Waals surface area contributed by atoms with E-state index in [0.29, 0.717) is 29.2 Å². The highest BCUT2D eigenvalue weighted by molar-refractivity contribution is 6.33. The maximum absolute atomic E-state index is 6.15. The zero-order chi connectivity index (χ0) is 14.8. The Kier molecular flexibility index (Phi) is 4.24. The summed E-state index contributed by atoms with van der Waals surface area (Å²) in [5.41, 5.74) is 6.75. The molecule has 2 atom stereocenters. The van der Waals surface area contributed by atoms with Crippen molar-refractivity contribution in [3.8, 4) is 11.4 Å². The Hall–Kier alpha value is -1.43. The molecule has 1 aliphatic rings. The molecule has 2 heterocycles. The molecule has 0 spiro atoms. The fourth-order valence-corrected chi connectivity index (χ4v) is 2.92. The highest BCUT2D eigenvalue weighted by Crippen LogP contribution is 2.26. The van der Waals surface area contributed by atoms with Crippen molar-refractivity contribution in [2.45, 2.75) is 25.9 Å². The van der Waals surface area contributed by atoms with E-state index in [1.54, 1.807) is 0 Å². The van der Waals surface area contributed by atoms with Crippen LogP contribution in [-0.4, -0.2) is 34.2 Å². The molecular formula is C15H19ClN4O. The summed E-state index contributed by atoms with van der Waals surface area (Å²) in [6.45, 7) is 4.74. The van der Waals surface area contributed by atoms with E-state index in [-0.39, 0.29) is 6.04 Å². The topological polar surface area (TPSA) is 68.2 Å². The number of aromatic nitrogens is 2. The summed E-state index contributed by atoms with van der Waals surface area (Å²) in [6.07, 6.45) is 1.13. The van der Waals surface area contributed by atoms with Crippen LogP contribution >= 0.6 is 11.6 Å². The largest absolute Gasteiger partial charge is 0.338 e. The van der Waals surface area contributed by atoms with Crippen molar-refractivity contribution in [1.29, 1.82) is 0 Å². The number of nitrogens with two attached hydrogens (primary N) is 1. The van der Waals surface area contributed by atoms with Gasteiger partial charge in [-0.2, -0.15) is 4.98 Å². The Bertz CT molecular complexity index is 613. The third-order valence-electron chi connectivity index (χ3n) is 3.99. The number of hydrogen-bond acceptors (Lipinski definition) is 5. The highest BCUT2D eigenvalue weighted by atomic mass is 35.5. The van der Waals surface area contributed by atoms with Gasteiger partial charge in [0.2, 0.25) is 11.7 Å². The summed E-state index contributed by atoms with van der Waals surface area (Å²) >= 11 is 6.15. The van der Waals surface area contributed by atoms with E-state index >= 15 is 0 Å². The summed E-state index contributed by atoms with van der Waals surface area (Å²) in [7, 11) is 0. The number of likely N-dealkylation sites (tertiary alicyclic amines) is 1. The minimum Gasteiger partial charge on any atom is -0.338 e. The lowest BCUT2D eigenvalue weighted by Gasteiger charge is -2.15. The second-order valence-electron chi connectivity index (χ2n) is 5.63. The molecule has 1 fully saturated rings. The summed E-state index contributed by atoms with van der Waals surface area (Å²) in [5, 5.41) is 4.65. The fourth-order valence-electron chi connectivity index (χ4n) is 2.70. The Morgan fingerprint density at radius 3 is 3.00 bits per heavy atom. The molecule has 112 valence electrons. The van der Waals surface area contributed by atoms with Crippen LogP contribution in [0.1, 0.15) is 19.2 Å². The van der Waals surface area contributed by atoms with Gasteiger partial charge in [0.1, 0.15) is 0 Å². The van der Waals surface area contributed by atoms with Gasteiger partial charge in [0, 0.05) is 18.2 Å². The predicted molar refractivity (Wildman–Crippen MR) is 81.8 cm³/mol. The molecule has 1 aromatic heterocycles. The van der Waals surface area contributed by atoms with Gasteiger partial charge in [0.25, 0.3) is 0 Å². The van der Waals surface area contributed by atoms with Crippen molar-refractivity contribution >= 4 is 11.6 Å². The molecule has 1 saturated heterocycles. The van der Waals surface area contributed by atoms with Gasteiger partial charge in [-0.05, 0) is 37.9 Å². The van der Waals surface area contributed by atoms with Crippen LogP contribution in [0, 0.1) is 5.92 Å². The number of benzene rings is 1. The molecular weight excluding hydrogens is 288 g/mol. The van der Waals surface area contributed by atoms with E-state index in [4.69, 9.17) is 21.9 Å². The normalized spacial score (nSPS) is 20.8. The van der Waals surface area contributed by atoms with E-state index in [1.165, 1.54) is 0 Å². The van der Waals surface area contributed by atoms with E-state index in [9.17, 15) is 0 Å². The standard InChI is InChI=1S/C15H19ClN4O/c1-10(17)11-6-7-20(8-11)9-14-18-15(19-21-14)12-4-2-3-5-13(12)16/h2-5,10-11H,6-9,17H2,1H3. The zero-order valence-electron chi connectivity index (χ0n) is 12.0. The molecule has 3 rings (SSSR count). The monoisotopic (exact) mass is 306 g/mol. The molecule has 0 radical (unpaired) electrons. The molecule has 5 nitrogen and oxygen atoms in total. The molecule has 1 aliphatic heterocycles. The lowest BCUT2D eigenvalue weighted by atomic mass is 10.0. The lowest BCUT2D eigenvalue weighted by molar-refractivity contribution is 0.257. The van der Waals surface area contributed by atoms with Crippen LogP contribution in [0.4, 0.5) is 0 Å². The second-order valence-corrected chi connectivity index (χ2v) is 6.04. The number of hydrogen-bond donors (Lipinski definition) is 1. The van der Waals surface area contributed by atoms with Gasteiger partial charge in [-0.3, -0.25) is 4.90 Å². The van der Waals surface area contributed by atoms with Crippen LogP contribution in [0.25, 0.3) is 11.4 Å². The van der Waals surface area contributed by atoms with Crippen LogP contribution in [0.5, 0.6) is 0 Å². The van der Waals surface area contributed by atoms with Crippen LogP contribution < -0.4 is 5.73 Å². The van der Waals surface area contributed by atoms with Gasteiger partial charge < -0.3 is 10.3 Å². The summed E-state index contributed by atoms with van der Waals surface area (Å²) in [4.78, 5) is 6.74. The van der Waals surface area contributed by atoms with Gasteiger partial charge in [-0.25, -0.2) is 0 Å². The maximum Gasteiger partial charge on any atom is 0.241 e. The average molecular weight is 307 g/mol. The maximum atomic E-state index is 6.15. The number of halogens is 1. The summed E-state index contributed by atoms with van der Waals surface area (Å²) in [6, 6.07) is 7.73. The third-order valence-corrected chi connectivity index (χ3v) is 4.32. The van der Waals surface area contributed by atoms with Gasteiger partial charge in [-0.1, -0.05) is 28.9 Å². The SMILES string of the molecule is CC(N)C1CCN(Cc2nc(-c3ccccc3Cl)no2)C1. The Labute approximate surface area is 129 Å². The zero-order valence-corrected chi connectivity index (χ0v) is 12.8. The lowest BCUT2D eigenvalue weighted by Crippen LogP contribution is -2.29. The van der Waals surface area contributed by atoms with E-state index in [1.807, 2.05) is 24.3 Å². The molecule has 21 heavy (non-hydrogen) atoms. The molecule has 6 heteroatoms. The van der Waals surface area contributed by atoms with E-state index in [2.05, 4.69) is 22.0 Å². The number of rotatable bonds is 4. The van der Waals surface area contributed by atoms with Gasteiger partial charge in [0.15, 0.2) is 0 Å². The Morgan fingerprint density at radius 2 is 2.29 bits per heavy atom. The molecule has 1 aromatic carbocycles. The van der Waals surface area contributed by atoms with Gasteiger partial charge in [-0.15, -0.1) is 0 Å². The fraction of sp³-hybridized carbons (Fsp3) is 0.467. The summed E-state index contributed by atoms with van der Waals surface area (Å²) in [5.74, 6) is 1.71. The van der Waals surface area contributed by atoms with Crippen molar-refractivity contribution < 1.29 is 4.52 Å². The van der Waals surface area contributed by atoms with Crippen LogP contribution in [0.15, 0.2) is 28.8 Å². The van der Waals surface area contributed by atoms with E-state index < -0.39 is 0 Å². The van der Waals surface area contributed by atoms with Crippen molar-refractivity contribution in [1.82, 2.24) is 15.0 Å². The van der Waals surface area contributed by atoms with Crippen molar-refractivity contribution in [2.24, 2.45) is 11.7 Å². The Morgan fingerprint density at radius 1 is 1.48 bits per heavy atom. The molecule has 0 bridgehead atoms. The Balaban J connectivity index is 1.68. The summed E-state index contributed by atoms with van der Waals surface area (Å²) < 4.78 is 5.34. The molecule has 2 aromatic rings.